The number of hydrogen-bond donors (Lipinski definition) is 1. The second-order valence-corrected chi connectivity index (χ2v) is 6.31. The molecule has 1 aromatic heterocycles. The molecular formula is C21H19N3O6. The Balaban J connectivity index is 1.55. The monoisotopic (exact) mass is 409 g/mol. The zero-order chi connectivity index (χ0) is 21.5. The minimum Gasteiger partial charge on any atom is -0.484 e. The maximum atomic E-state index is 12.6. The van der Waals surface area contributed by atoms with Crippen LogP contribution in [0.1, 0.15) is 16.1 Å². The highest BCUT2D eigenvalue weighted by atomic mass is 16.6. The van der Waals surface area contributed by atoms with Crippen LogP contribution in [0.2, 0.25) is 0 Å². The third-order valence-corrected chi connectivity index (χ3v) is 4.24. The molecule has 2 amide bonds. The molecule has 1 heterocycles. The summed E-state index contributed by atoms with van der Waals surface area (Å²) >= 11 is 0. The fraction of sp³-hybridized carbons (Fsp3) is 0.143. The molecule has 30 heavy (non-hydrogen) atoms. The Morgan fingerprint density at radius 1 is 1.13 bits per heavy atom. The number of nitro groups is 1. The molecule has 0 fully saturated rings. The number of anilines is 1. The normalized spacial score (nSPS) is 10.3. The summed E-state index contributed by atoms with van der Waals surface area (Å²) in [5, 5.41) is 13.6. The lowest BCUT2D eigenvalue weighted by atomic mass is 10.1. The minimum absolute atomic E-state index is 0.150. The van der Waals surface area contributed by atoms with E-state index in [-0.39, 0.29) is 36.2 Å². The minimum atomic E-state index is -0.548. The molecule has 0 saturated heterocycles. The fourth-order valence-electron chi connectivity index (χ4n) is 2.63. The number of furan rings is 1. The van der Waals surface area contributed by atoms with Crippen molar-refractivity contribution in [3.8, 4) is 5.75 Å². The van der Waals surface area contributed by atoms with Gasteiger partial charge in [-0.2, -0.15) is 0 Å². The quantitative estimate of drug-likeness (QED) is 0.451. The summed E-state index contributed by atoms with van der Waals surface area (Å²) in [7, 11) is 1.57. The summed E-state index contributed by atoms with van der Waals surface area (Å²) in [4.78, 5) is 36.2. The molecule has 3 rings (SSSR count). The van der Waals surface area contributed by atoms with Crippen LogP contribution >= 0.6 is 0 Å². The molecule has 0 spiro atoms. The Bertz CT molecular complexity index is 1030. The van der Waals surface area contributed by atoms with Gasteiger partial charge in [0.05, 0.1) is 17.7 Å². The van der Waals surface area contributed by atoms with Gasteiger partial charge in [0.15, 0.2) is 6.61 Å². The van der Waals surface area contributed by atoms with Crippen LogP contribution < -0.4 is 15.0 Å². The number of nitrogens with one attached hydrogen (secondary N) is 1. The van der Waals surface area contributed by atoms with Crippen molar-refractivity contribution < 1.29 is 23.7 Å². The summed E-state index contributed by atoms with van der Waals surface area (Å²) in [6, 6.07) is 15.6. The van der Waals surface area contributed by atoms with Gasteiger partial charge in [0.25, 0.3) is 17.5 Å². The van der Waals surface area contributed by atoms with E-state index in [1.807, 2.05) is 0 Å². The van der Waals surface area contributed by atoms with Crippen LogP contribution in [0.4, 0.5) is 11.4 Å². The van der Waals surface area contributed by atoms with Gasteiger partial charge in [0, 0.05) is 30.4 Å². The third kappa shape index (κ3) is 5.22. The van der Waals surface area contributed by atoms with Gasteiger partial charge in [-0.1, -0.05) is 6.07 Å². The molecule has 0 unspecified atom stereocenters. The highest BCUT2D eigenvalue weighted by molar-refractivity contribution is 6.06. The summed E-state index contributed by atoms with van der Waals surface area (Å²) in [6.45, 7) is 0.112. The first-order chi connectivity index (χ1) is 14.4. The van der Waals surface area contributed by atoms with Crippen LogP contribution in [0, 0.1) is 10.1 Å². The molecule has 0 bridgehead atoms. The Labute approximate surface area is 172 Å². The molecule has 0 aliphatic rings. The molecule has 1 N–H and O–H groups in total. The molecule has 9 heteroatoms. The molecular weight excluding hydrogens is 390 g/mol. The van der Waals surface area contributed by atoms with Gasteiger partial charge in [-0.05, 0) is 42.5 Å². The number of non-ortho nitro benzene ring substituents is 1. The lowest BCUT2D eigenvalue weighted by molar-refractivity contribution is -0.384. The number of rotatable bonds is 8. The molecule has 0 radical (unpaired) electrons. The van der Waals surface area contributed by atoms with Crippen molar-refractivity contribution in [2.24, 2.45) is 0 Å². The zero-order valence-electron chi connectivity index (χ0n) is 16.1. The number of amides is 2. The average molecular weight is 409 g/mol. The van der Waals surface area contributed by atoms with Crippen LogP contribution in [0.3, 0.4) is 0 Å². The number of nitrogens with zero attached hydrogens (tertiary/aromatic N) is 2. The molecule has 154 valence electrons. The first kappa shape index (κ1) is 20.6. The van der Waals surface area contributed by atoms with E-state index < -0.39 is 4.92 Å². The molecule has 9 nitrogen and oxygen atoms in total. The van der Waals surface area contributed by atoms with E-state index in [1.54, 1.807) is 43.4 Å². The predicted molar refractivity (Wildman–Crippen MR) is 108 cm³/mol. The molecule has 0 saturated carbocycles. The molecule has 2 aromatic carbocycles. The first-order valence-corrected chi connectivity index (χ1v) is 8.98. The topological polar surface area (TPSA) is 115 Å². The Hall–Kier alpha value is -4.14. The second-order valence-electron chi connectivity index (χ2n) is 6.31. The van der Waals surface area contributed by atoms with Crippen LogP contribution in [-0.4, -0.2) is 30.4 Å². The number of hydrogen-bond acceptors (Lipinski definition) is 6. The van der Waals surface area contributed by atoms with Crippen molar-refractivity contribution in [3.05, 3.63) is 88.4 Å². The number of nitro benzene ring substituents is 1. The lowest BCUT2D eigenvalue weighted by Gasteiger charge is -2.18. The SMILES string of the molecule is CN(C(=O)c1cccc([N+](=O)[O-])c1)c1ccc(OCC(=O)NCc2ccco2)cc1. The van der Waals surface area contributed by atoms with Crippen molar-refractivity contribution in [2.75, 3.05) is 18.6 Å². The largest absolute Gasteiger partial charge is 0.484 e. The maximum absolute atomic E-state index is 12.6. The molecule has 0 atom stereocenters. The predicted octanol–water partition coefficient (Wildman–Crippen LogP) is 3.16. The van der Waals surface area contributed by atoms with Gasteiger partial charge in [-0.15, -0.1) is 0 Å². The Kier molecular flexibility index (Phi) is 6.43. The standard InChI is InChI=1S/C21H19N3O6/c1-23(21(26)15-4-2-5-17(12-15)24(27)28)16-7-9-18(10-8-16)30-14-20(25)22-13-19-6-3-11-29-19/h2-12H,13-14H2,1H3,(H,22,25). The maximum Gasteiger partial charge on any atom is 0.270 e. The van der Waals surface area contributed by atoms with E-state index in [2.05, 4.69) is 5.32 Å². The van der Waals surface area contributed by atoms with Gasteiger partial charge in [0.1, 0.15) is 11.5 Å². The highest BCUT2D eigenvalue weighted by Crippen LogP contribution is 2.21. The number of benzene rings is 2. The van der Waals surface area contributed by atoms with Crippen molar-refractivity contribution in [2.45, 2.75) is 6.54 Å². The van der Waals surface area contributed by atoms with E-state index in [0.29, 0.717) is 17.2 Å². The summed E-state index contributed by atoms with van der Waals surface area (Å²) in [6.07, 6.45) is 1.53. The Morgan fingerprint density at radius 3 is 2.57 bits per heavy atom. The van der Waals surface area contributed by atoms with E-state index in [1.165, 1.54) is 35.4 Å². The number of carbonyl (C=O) groups is 2. The van der Waals surface area contributed by atoms with Crippen molar-refractivity contribution in [1.82, 2.24) is 5.32 Å². The van der Waals surface area contributed by atoms with Crippen molar-refractivity contribution in [3.63, 3.8) is 0 Å². The van der Waals surface area contributed by atoms with Gasteiger partial charge < -0.3 is 19.4 Å². The number of carbonyl (C=O) groups excluding carboxylic acids is 2. The fourth-order valence-corrected chi connectivity index (χ4v) is 2.63. The van der Waals surface area contributed by atoms with Gasteiger partial charge >= 0.3 is 0 Å². The van der Waals surface area contributed by atoms with Gasteiger partial charge in [0.2, 0.25) is 0 Å². The van der Waals surface area contributed by atoms with Crippen LogP contribution in [-0.2, 0) is 11.3 Å². The molecule has 3 aromatic rings. The summed E-state index contributed by atoms with van der Waals surface area (Å²) in [5.41, 5.74) is 0.629. The van der Waals surface area contributed by atoms with Crippen LogP contribution in [0.5, 0.6) is 5.75 Å². The first-order valence-electron chi connectivity index (χ1n) is 8.98. The summed E-state index contributed by atoms with van der Waals surface area (Å²) in [5.74, 6) is 0.422. The second kappa shape index (κ2) is 9.37. The van der Waals surface area contributed by atoms with E-state index in [4.69, 9.17) is 9.15 Å². The van der Waals surface area contributed by atoms with Crippen molar-refractivity contribution in [1.29, 1.82) is 0 Å². The molecule has 0 aliphatic heterocycles. The molecule has 0 aliphatic carbocycles. The smallest absolute Gasteiger partial charge is 0.270 e. The van der Waals surface area contributed by atoms with E-state index in [9.17, 15) is 19.7 Å². The zero-order valence-corrected chi connectivity index (χ0v) is 16.1. The van der Waals surface area contributed by atoms with Gasteiger partial charge in [-0.3, -0.25) is 19.7 Å². The van der Waals surface area contributed by atoms with Crippen LogP contribution in [0.25, 0.3) is 0 Å². The van der Waals surface area contributed by atoms with E-state index >= 15 is 0 Å². The Morgan fingerprint density at radius 2 is 1.90 bits per heavy atom. The highest BCUT2D eigenvalue weighted by Gasteiger charge is 2.16. The third-order valence-electron chi connectivity index (χ3n) is 4.24. The van der Waals surface area contributed by atoms with Crippen molar-refractivity contribution >= 4 is 23.2 Å². The number of ether oxygens (including phenoxy) is 1. The summed E-state index contributed by atoms with van der Waals surface area (Å²) < 4.78 is 10.6. The lowest BCUT2D eigenvalue weighted by Crippen LogP contribution is -2.28. The average Bonchev–Trinajstić information content (AvgIpc) is 3.29. The van der Waals surface area contributed by atoms with Gasteiger partial charge in [-0.25, -0.2) is 0 Å². The van der Waals surface area contributed by atoms with Crippen LogP contribution in [0.15, 0.2) is 71.3 Å². The van der Waals surface area contributed by atoms with E-state index in [0.717, 1.165) is 0 Å².